The molecule has 1 rings (SSSR count). The van der Waals surface area contributed by atoms with Crippen molar-refractivity contribution in [2.24, 2.45) is 0 Å². The highest BCUT2D eigenvalue weighted by Gasteiger charge is 1.99. The molecule has 0 radical (unpaired) electrons. The minimum atomic E-state index is 0.916. The third-order valence-electron chi connectivity index (χ3n) is 2.33. The zero-order chi connectivity index (χ0) is 10.4. The summed E-state index contributed by atoms with van der Waals surface area (Å²) in [5.74, 6) is 0. The summed E-state index contributed by atoms with van der Waals surface area (Å²) in [6.45, 7) is 6.94. The third kappa shape index (κ3) is 2.71. The minimum Gasteiger partial charge on any atom is -0.316 e. The van der Waals surface area contributed by atoms with Crippen molar-refractivity contribution in [3.05, 3.63) is 41.5 Å². The standard InChI is InChI=1S/C13H19N/c1-4-6-11-7-8-12(5-2)13(9-11)10-14-3/h5,7-9,14H,2,4,6,10H2,1,3H3. The van der Waals surface area contributed by atoms with E-state index in [1.807, 2.05) is 13.1 Å². The maximum absolute atomic E-state index is 3.82. The van der Waals surface area contributed by atoms with Crippen LogP contribution in [0.3, 0.4) is 0 Å². The second-order valence-electron chi connectivity index (χ2n) is 3.52. The fourth-order valence-electron chi connectivity index (χ4n) is 1.65. The van der Waals surface area contributed by atoms with Crippen LogP contribution in [0.2, 0.25) is 0 Å². The smallest absolute Gasteiger partial charge is 0.0208 e. The van der Waals surface area contributed by atoms with Gasteiger partial charge in [-0.3, -0.25) is 0 Å². The van der Waals surface area contributed by atoms with Gasteiger partial charge in [-0.25, -0.2) is 0 Å². The van der Waals surface area contributed by atoms with Crippen LogP contribution in [-0.2, 0) is 13.0 Å². The summed E-state index contributed by atoms with van der Waals surface area (Å²) in [6, 6.07) is 6.63. The van der Waals surface area contributed by atoms with Crippen molar-refractivity contribution in [2.45, 2.75) is 26.3 Å². The number of hydrogen-bond acceptors (Lipinski definition) is 1. The quantitative estimate of drug-likeness (QED) is 0.750. The van der Waals surface area contributed by atoms with Crippen molar-refractivity contribution in [1.82, 2.24) is 5.32 Å². The lowest BCUT2D eigenvalue weighted by atomic mass is 10.0. The zero-order valence-corrected chi connectivity index (χ0v) is 9.14. The molecule has 0 aliphatic rings. The molecule has 0 amide bonds. The Balaban J connectivity index is 2.94. The lowest BCUT2D eigenvalue weighted by Gasteiger charge is -2.08. The van der Waals surface area contributed by atoms with E-state index in [9.17, 15) is 0 Å². The Kier molecular flexibility index (Phi) is 4.41. The number of rotatable bonds is 5. The third-order valence-corrected chi connectivity index (χ3v) is 2.33. The van der Waals surface area contributed by atoms with Gasteiger partial charge >= 0.3 is 0 Å². The van der Waals surface area contributed by atoms with Crippen molar-refractivity contribution >= 4 is 6.08 Å². The van der Waals surface area contributed by atoms with Crippen LogP contribution < -0.4 is 5.32 Å². The molecule has 1 aromatic carbocycles. The molecule has 0 saturated carbocycles. The fraction of sp³-hybridized carbons (Fsp3) is 0.385. The second-order valence-corrected chi connectivity index (χ2v) is 3.52. The van der Waals surface area contributed by atoms with E-state index in [-0.39, 0.29) is 0 Å². The van der Waals surface area contributed by atoms with E-state index in [4.69, 9.17) is 0 Å². The molecule has 0 spiro atoms. The molecule has 14 heavy (non-hydrogen) atoms. The Labute approximate surface area is 86.8 Å². The summed E-state index contributed by atoms with van der Waals surface area (Å²) in [5.41, 5.74) is 4.00. The molecule has 0 atom stereocenters. The number of aryl methyl sites for hydroxylation is 1. The summed E-state index contributed by atoms with van der Waals surface area (Å²) in [6.07, 6.45) is 4.28. The van der Waals surface area contributed by atoms with Gasteiger partial charge in [-0.15, -0.1) is 0 Å². The van der Waals surface area contributed by atoms with Crippen LogP contribution in [-0.4, -0.2) is 7.05 Å². The van der Waals surface area contributed by atoms with E-state index >= 15 is 0 Å². The molecule has 1 N–H and O–H groups in total. The van der Waals surface area contributed by atoms with Crippen LogP contribution in [0.5, 0.6) is 0 Å². The number of hydrogen-bond donors (Lipinski definition) is 1. The van der Waals surface area contributed by atoms with Crippen LogP contribution in [0.15, 0.2) is 24.8 Å². The van der Waals surface area contributed by atoms with E-state index in [1.54, 1.807) is 0 Å². The fourth-order valence-corrected chi connectivity index (χ4v) is 1.65. The van der Waals surface area contributed by atoms with Crippen LogP contribution in [0.25, 0.3) is 6.08 Å². The van der Waals surface area contributed by atoms with Gasteiger partial charge in [0.2, 0.25) is 0 Å². The monoisotopic (exact) mass is 189 g/mol. The van der Waals surface area contributed by atoms with Gasteiger partial charge in [-0.05, 0) is 30.2 Å². The van der Waals surface area contributed by atoms with Crippen molar-refractivity contribution in [1.29, 1.82) is 0 Å². The van der Waals surface area contributed by atoms with Gasteiger partial charge in [0.15, 0.2) is 0 Å². The maximum atomic E-state index is 3.82. The van der Waals surface area contributed by atoms with Gasteiger partial charge in [0.25, 0.3) is 0 Å². The summed E-state index contributed by atoms with van der Waals surface area (Å²) in [4.78, 5) is 0. The van der Waals surface area contributed by atoms with E-state index in [0.717, 1.165) is 13.0 Å². The first kappa shape index (κ1) is 11.0. The van der Waals surface area contributed by atoms with Gasteiger partial charge in [0.1, 0.15) is 0 Å². The lowest BCUT2D eigenvalue weighted by molar-refractivity contribution is 0.812. The first-order valence-corrected chi connectivity index (χ1v) is 5.20. The van der Waals surface area contributed by atoms with E-state index in [2.05, 4.69) is 37.0 Å². The zero-order valence-electron chi connectivity index (χ0n) is 9.14. The molecule has 0 aromatic heterocycles. The van der Waals surface area contributed by atoms with Crippen molar-refractivity contribution in [3.8, 4) is 0 Å². The normalized spacial score (nSPS) is 10.1. The average Bonchev–Trinajstić information content (AvgIpc) is 2.19. The number of benzene rings is 1. The summed E-state index contributed by atoms with van der Waals surface area (Å²) >= 11 is 0. The highest BCUT2D eigenvalue weighted by molar-refractivity contribution is 5.52. The molecular weight excluding hydrogens is 170 g/mol. The first-order chi connectivity index (χ1) is 6.81. The highest BCUT2D eigenvalue weighted by Crippen LogP contribution is 2.14. The van der Waals surface area contributed by atoms with E-state index in [0.29, 0.717) is 0 Å². The van der Waals surface area contributed by atoms with Crippen LogP contribution in [0.4, 0.5) is 0 Å². The van der Waals surface area contributed by atoms with Gasteiger partial charge in [-0.2, -0.15) is 0 Å². The first-order valence-electron chi connectivity index (χ1n) is 5.20. The Morgan fingerprint density at radius 3 is 2.79 bits per heavy atom. The van der Waals surface area contributed by atoms with Gasteiger partial charge in [-0.1, -0.05) is 44.2 Å². The maximum Gasteiger partial charge on any atom is 0.0208 e. The van der Waals surface area contributed by atoms with Gasteiger partial charge in [0, 0.05) is 6.54 Å². The predicted molar refractivity (Wildman–Crippen MR) is 63.3 cm³/mol. The topological polar surface area (TPSA) is 12.0 Å². The lowest BCUT2D eigenvalue weighted by Crippen LogP contribution is -2.07. The molecule has 0 aliphatic carbocycles. The molecule has 0 heterocycles. The molecule has 0 saturated heterocycles. The molecule has 0 unspecified atom stereocenters. The van der Waals surface area contributed by atoms with Crippen molar-refractivity contribution < 1.29 is 0 Å². The van der Waals surface area contributed by atoms with E-state index in [1.165, 1.54) is 23.1 Å². The van der Waals surface area contributed by atoms with Crippen LogP contribution in [0, 0.1) is 0 Å². The second kappa shape index (κ2) is 5.61. The summed E-state index contributed by atoms with van der Waals surface area (Å²) in [5, 5.41) is 3.18. The molecule has 1 heteroatoms. The summed E-state index contributed by atoms with van der Waals surface area (Å²) < 4.78 is 0. The molecule has 0 aliphatic heterocycles. The summed E-state index contributed by atoms with van der Waals surface area (Å²) in [7, 11) is 1.97. The Morgan fingerprint density at radius 2 is 2.21 bits per heavy atom. The molecule has 0 bridgehead atoms. The molecule has 76 valence electrons. The van der Waals surface area contributed by atoms with E-state index < -0.39 is 0 Å². The molecule has 0 fully saturated rings. The van der Waals surface area contributed by atoms with Gasteiger partial charge in [0.05, 0.1) is 0 Å². The average molecular weight is 189 g/mol. The van der Waals surface area contributed by atoms with Crippen molar-refractivity contribution in [3.63, 3.8) is 0 Å². The number of nitrogens with one attached hydrogen (secondary N) is 1. The predicted octanol–water partition coefficient (Wildman–Crippen LogP) is 3.00. The van der Waals surface area contributed by atoms with Crippen LogP contribution in [0.1, 0.15) is 30.0 Å². The Bertz CT molecular complexity index is 302. The molecule has 1 nitrogen and oxygen atoms in total. The SMILES string of the molecule is C=Cc1ccc(CCC)cc1CNC. The Hall–Kier alpha value is -1.08. The van der Waals surface area contributed by atoms with Gasteiger partial charge < -0.3 is 5.32 Å². The minimum absolute atomic E-state index is 0.916. The largest absolute Gasteiger partial charge is 0.316 e. The molecular formula is C13H19N. The Morgan fingerprint density at radius 1 is 1.43 bits per heavy atom. The van der Waals surface area contributed by atoms with Crippen LogP contribution >= 0.6 is 0 Å². The van der Waals surface area contributed by atoms with Crippen molar-refractivity contribution in [2.75, 3.05) is 7.05 Å². The highest BCUT2D eigenvalue weighted by atomic mass is 14.8. The molecule has 1 aromatic rings.